The van der Waals surface area contributed by atoms with Crippen molar-refractivity contribution in [2.45, 2.75) is 241 Å². The number of nitro groups is 5. The molecule has 3 aliphatic rings. The molecule has 1 unspecified atom stereocenters. The van der Waals surface area contributed by atoms with Crippen LogP contribution in [0.3, 0.4) is 0 Å². The van der Waals surface area contributed by atoms with Gasteiger partial charge in [0.25, 0.3) is 56.6 Å². The van der Waals surface area contributed by atoms with Crippen LogP contribution in [0.5, 0.6) is 0 Å². The topological polar surface area (TPSA) is 596 Å². The Morgan fingerprint density at radius 3 is 1.17 bits per heavy atom. The first-order valence-electron chi connectivity index (χ1n) is 44.2. The van der Waals surface area contributed by atoms with E-state index in [4.69, 9.17) is 86.2 Å². The molecule has 0 radical (unpaired) electrons. The molecule has 9 N–H and O–H groups in total. The van der Waals surface area contributed by atoms with Gasteiger partial charge in [0.05, 0.1) is 73.0 Å². The first kappa shape index (κ1) is 144. The van der Waals surface area contributed by atoms with E-state index in [0.29, 0.717) is 58.5 Å². The fraction of sp³-hybridized carbons (Fsp3) is 0.443. The van der Waals surface area contributed by atoms with Gasteiger partial charge in [-0.3, -0.25) is 50.6 Å². The molecule has 0 saturated carbocycles. The molecule has 13 rings (SSSR count). The van der Waals surface area contributed by atoms with Crippen LogP contribution >= 0.6 is 44.6 Å². The number of nitro benzene ring substituents is 5. The number of ether oxygens (including phenoxy) is 2. The molecule has 147 heavy (non-hydrogen) atoms. The van der Waals surface area contributed by atoms with Crippen molar-refractivity contribution in [1.82, 2.24) is 28.2 Å². The average molecular weight is 2250 g/mol. The number of para-hydroxylation sites is 2. The number of nitrogens with one attached hydrogen (secondary N) is 3. The number of nitrogens with two attached hydrogens (primary N) is 2. The number of halogens is 4. The largest absolute Gasteiger partial charge is 1.00 e. The number of rotatable bonds is 24. The van der Waals surface area contributed by atoms with Crippen molar-refractivity contribution in [3.63, 3.8) is 0 Å². The third-order valence-electron chi connectivity index (χ3n) is 20.4. The molecular weight excluding hydrogens is 2110 g/mol. The maximum absolute atomic E-state index is 13.0. The zero-order valence-corrected chi connectivity index (χ0v) is 95.6. The van der Waals surface area contributed by atoms with E-state index in [1.54, 1.807) is 106 Å². The van der Waals surface area contributed by atoms with Crippen molar-refractivity contribution in [3.8, 4) is 12.1 Å². The van der Waals surface area contributed by atoms with Gasteiger partial charge in [-0.1, -0.05) is 127 Å². The molecule has 808 valence electrons. The van der Waals surface area contributed by atoms with Gasteiger partial charge in [-0.2, -0.15) is 14.8 Å². The van der Waals surface area contributed by atoms with Crippen LogP contribution in [0.15, 0.2) is 170 Å². The molecule has 2 aromatic heterocycles. The van der Waals surface area contributed by atoms with Crippen molar-refractivity contribution in [2.75, 3.05) is 76.9 Å². The van der Waals surface area contributed by atoms with Gasteiger partial charge in [-0.15, -0.1) is 23.2 Å². The van der Waals surface area contributed by atoms with Crippen LogP contribution in [0, 0.1) is 149 Å². The van der Waals surface area contributed by atoms with Gasteiger partial charge in [0.15, 0.2) is 19.6 Å². The summed E-state index contributed by atoms with van der Waals surface area (Å²) < 4.78 is 136. The number of hydrogen-bond acceptors (Lipinski definition) is 29. The summed E-state index contributed by atoms with van der Waals surface area (Å²) in [6.45, 7) is 39.5. The van der Waals surface area contributed by atoms with Crippen LogP contribution in [0.2, 0.25) is 0 Å². The maximum Gasteiger partial charge on any atom is 1.00 e. The normalized spacial score (nSPS) is 13.5. The third kappa shape index (κ3) is 49.0. The standard InChI is InChI=1S/C21H22N4O4S.C11H16N2O5S.C11H14N2O4S.C10H8N2.C8H8ClNO4S.C8H10N2O2.C7H7ClO2S.C6H15N.2C4H8O.C3H9NO.CH2Cl2.3CH4.2Na.2H/c1-14-10-15(2)21(20(11-14)25(26)27)30(28,29)23-16(3)12-24-13-17(8-9-22)18-6-4-5-7-19(18)24;1-7-4-8(2)11(10(5-7)13(15)16)19(17,18)12-9(3)6-14;1-7-4-8(2)11(10(5-7)13(14)15)18(16,17)12-6-9(12)3;11-6-5-8-7-12-10-4-2-1-3-9(8)10;1-5-3-6(2)8(15(9,13)14)7(4-5)10(11)12;1-5-3-6(2)8(9)7(4-5)10(11)12;1-6-2-4-7(5-3-6)11(8,9)10;1-4-7(5-2)6-3;2*1-2-4-5-3-1;1-3(4)2-5;2-1-3;;;;;;;/h4-7,10-11,13,16,23H,8,12H2,1-3H3;4-5,9,12,14H,6H2,1-3H3;4-5,9H,6H2,1-3H3;1-4,7,12H,5H2;3-4H,1-2H3;3-4H,9H2,1-2H3;2-5H,1H3;4-6H2,1-3H3;2*1-4H2;3,5H,2,4H2,1H3;1H2;3*1H4;;;;/q;;;;;;;;;;;;;;;2*+1;2*-1/t16-;9-;9-,12?;;;;;;;;3-;;;;;;;;/m000.......0......../s1. The van der Waals surface area contributed by atoms with Gasteiger partial charge in [-0.25, -0.2) is 51.5 Å². The average Bonchev–Trinajstić information content (AvgIpc) is 1.60. The van der Waals surface area contributed by atoms with E-state index in [1.165, 1.54) is 119 Å². The number of aliphatic hydroxyl groups excluding tert-OH is 2. The molecule has 3 saturated heterocycles. The summed E-state index contributed by atoms with van der Waals surface area (Å²) in [5.74, 6) is 0. The van der Waals surface area contributed by atoms with E-state index in [0.717, 1.165) is 76.1 Å². The molecule has 0 bridgehead atoms. The van der Waals surface area contributed by atoms with Crippen LogP contribution in [0.25, 0.3) is 21.8 Å². The van der Waals surface area contributed by atoms with E-state index in [1.807, 2.05) is 78.5 Å². The number of aryl methyl sites for hydroxylation is 11. The predicted molar refractivity (Wildman–Crippen MR) is 577 cm³/mol. The summed E-state index contributed by atoms with van der Waals surface area (Å²) in [5, 5.41) is 91.3. The Morgan fingerprint density at radius 2 is 0.837 bits per heavy atom. The molecular formula is C97H141Cl4N15Na2O24S5. The van der Waals surface area contributed by atoms with Gasteiger partial charge < -0.3 is 48.5 Å². The van der Waals surface area contributed by atoms with Crippen molar-refractivity contribution in [3.05, 3.63) is 269 Å². The Hall–Kier alpha value is -8.83. The molecule has 5 heterocycles. The molecule has 10 aromatic rings. The fourth-order valence-corrected chi connectivity index (χ4v) is 21.3. The number of benzene rings is 8. The van der Waals surface area contributed by atoms with Crippen LogP contribution in [0.1, 0.15) is 172 Å². The molecule has 3 fully saturated rings. The van der Waals surface area contributed by atoms with Crippen molar-refractivity contribution < 1.29 is 148 Å². The number of H-pyrrole nitrogens is 1. The van der Waals surface area contributed by atoms with E-state index in [9.17, 15) is 92.7 Å². The fourth-order valence-electron chi connectivity index (χ4n) is 13.9. The SMILES string of the molecule is C.C.C.C1CCOC1.C1CCOC1.CCN(CC)CC.C[C@H](N)CO.Cc1cc(C)c(N)c([N+](=O)[O-])c1.Cc1cc(C)c(S(=O)(=O)Cl)c([N+](=O)[O-])c1.Cc1cc(C)c(S(=O)(=O)N2C[C@@H]2C)c([N+](=O)[O-])c1.Cc1cc(C)c(S(=O)(=O)N[C@@H](C)CO)c([N+](=O)[O-])c1.Cc1cc(C)c(S(=O)(=O)N[C@@H](C)Cn2cc(CC#N)c3ccccc32)c([N+](=O)[O-])c1.Cc1ccc(S(=O)(=O)Cl)cc1.ClCCl.N#CCc1c[nH]c2ccccc12.[H-].[H-].[Na+].[Na+]. The summed E-state index contributed by atoms with van der Waals surface area (Å²) >= 11 is 9.53. The zero-order valence-electron chi connectivity index (χ0n) is 86.4. The Bertz CT molecular complexity index is 6600. The molecule has 0 aliphatic carbocycles. The number of aromatic amines is 1. The molecule has 5 atom stereocenters. The summed E-state index contributed by atoms with van der Waals surface area (Å²) in [6, 6.07) is 39.5. The molecule has 0 amide bonds. The minimum Gasteiger partial charge on any atom is -1.00 e. The van der Waals surface area contributed by atoms with Crippen LogP contribution in [-0.2, 0) is 77.0 Å². The van der Waals surface area contributed by atoms with Gasteiger partial charge in [-0.05, 0) is 240 Å². The van der Waals surface area contributed by atoms with Gasteiger partial charge in [0.2, 0.25) is 20.0 Å². The van der Waals surface area contributed by atoms with Gasteiger partial charge in [0, 0.05) is 150 Å². The Kier molecular flexibility index (Phi) is 69.1. The summed E-state index contributed by atoms with van der Waals surface area (Å²) in [5.41, 5.74) is 19.5. The Morgan fingerprint density at radius 1 is 0.503 bits per heavy atom. The van der Waals surface area contributed by atoms with Gasteiger partial charge >= 0.3 is 59.1 Å². The summed E-state index contributed by atoms with van der Waals surface area (Å²) in [6.07, 6.45) is 9.58. The van der Waals surface area contributed by atoms with Crippen LogP contribution in [-0.4, -0.2) is 191 Å². The Labute approximate surface area is 931 Å². The molecule has 3 aliphatic heterocycles. The number of fused-ring (bicyclic) bond motifs is 2. The monoisotopic (exact) mass is 2250 g/mol. The minimum atomic E-state index is -4.12. The minimum absolute atomic E-state index is 0. The second-order valence-corrected chi connectivity index (χ2v) is 43.7. The summed E-state index contributed by atoms with van der Waals surface area (Å²) in [4.78, 5) is 55.7. The number of nitriles is 2. The third-order valence-corrected chi connectivity index (χ3v) is 29.0. The molecule has 50 heteroatoms. The number of aliphatic hydroxyl groups is 2. The Balaban J connectivity index is -0.000000389. The maximum atomic E-state index is 13.0. The van der Waals surface area contributed by atoms with E-state index in [-0.39, 0.29) is 157 Å². The number of sulfonamides is 3. The van der Waals surface area contributed by atoms with E-state index < -0.39 is 113 Å². The van der Waals surface area contributed by atoms with Gasteiger partial charge in [0.1, 0.15) is 5.69 Å². The van der Waals surface area contributed by atoms with Crippen molar-refractivity contribution >= 4 is 149 Å². The molecule has 39 nitrogen and oxygen atoms in total. The van der Waals surface area contributed by atoms with Crippen molar-refractivity contribution in [2.24, 2.45) is 5.73 Å². The van der Waals surface area contributed by atoms with Crippen LogP contribution in [0.4, 0.5) is 34.1 Å². The molecule has 8 aromatic carbocycles. The number of anilines is 1. The number of hydrogen-bond donors (Lipinski definition) is 7. The first-order chi connectivity index (χ1) is 66.3. The van der Waals surface area contributed by atoms with Crippen molar-refractivity contribution in [1.29, 1.82) is 10.5 Å². The number of nitrogens with zero attached hydrogens (tertiary/aromatic N) is 10. The first-order valence-corrected chi connectivity index (χ1v) is 54.3. The smallest absolute Gasteiger partial charge is 1.00 e. The summed E-state index contributed by atoms with van der Waals surface area (Å²) in [7, 11) is -9.34. The number of alkyl halides is 2. The quantitative estimate of drug-likeness (QED) is 0.00562. The number of nitrogen functional groups attached to an aromatic ring is 1. The van der Waals surface area contributed by atoms with Crippen LogP contribution < -0.4 is 80.0 Å². The second-order valence-electron chi connectivity index (χ2n) is 32.7. The second kappa shape index (κ2) is 70.3. The molecule has 0 spiro atoms. The van der Waals surface area contributed by atoms with E-state index >= 15 is 0 Å². The zero-order chi connectivity index (χ0) is 108. The number of aromatic nitrogens is 2. The van der Waals surface area contributed by atoms with E-state index in [2.05, 4.69) is 52.2 Å². The predicted octanol–water partition coefficient (Wildman–Crippen LogP) is 14.0.